The molecular formula is C14H21FN2O. The number of rotatable bonds is 5. The van der Waals surface area contributed by atoms with Crippen molar-refractivity contribution < 1.29 is 9.18 Å². The fourth-order valence-corrected chi connectivity index (χ4v) is 1.40. The van der Waals surface area contributed by atoms with Crippen molar-refractivity contribution in [1.29, 1.82) is 0 Å². The van der Waals surface area contributed by atoms with Gasteiger partial charge in [0, 0.05) is 5.69 Å². The van der Waals surface area contributed by atoms with Crippen molar-refractivity contribution in [2.24, 2.45) is 5.41 Å². The summed E-state index contributed by atoms with van der Waals surface area (Å²) in [6, 6.07) is 5.73. The molecule has 0 fully saturated rings. The summed E-state index contributed by atoms with van der Waals surface area (Å²) in [6.45, 7) is 7.56. The molecule has 4 heteroatoms. The van der Waals surface area contributed by atoms with E-state index in [1.807, 2.05) is 0 Å². The molecule has 0 saturated carbocycles. The predicted molar refractivity (Wildman–Crippen MR) is 72.0 cm³/mol. The van der Waals surface area contributed by atoms with E-state index in [1.54, 1.807) is 12.1 Å². The summed E-state index contributed by atoms with van der Waals surface area (Å²) in [6.07, 6.45) is 1.01. The van der Waals surface area contributed by atoms with E-state index in [0.29, 0.717) is 5.69 Å². The Morgan fingerprint density at radius 2 is 1.83 bits per heavy atom. The lowest BCUT2D eigenvalue weighted by molar-refractivity contribution is -0.115. The maximum absolute atomic E-state index is 12.7. The van der Waals surface area contributed by atoms with Gasteiger partial charge in [0.1, 0.15) is 5.82 Å². The van der Waals surface area contributed by atoms with Crippen LogP contribution in [0.15, 0.2) is 24.3 Å². The molecule has 0 radical (unpaired) electrons. The van der Waals surface area contributed by atoms with Crippen molar-refractivity contribution in [2.45, 2.75) is 27.2 Å². The lowest BCUT2D eigenvalue weighted by atomic mass is 9.92. The van der Waals surface area contributed by atoms with Crippen LogP contribution in [0.2, 0.25) is 0 Å². The van der Waals surface area contributed by atoms with Gasteiger partial charge in [0.25, 0.3) is 0 Å². The van der Waals surface area contributed by atoms with Crippen LogP contribution in [0, 0.1) is 11.2 Å². The van der Waals surface area contributed by atoms with Crippen LogP contribution in [0.5, 0.6) is 0 Å². The van der Waals surface area contributed by atoms with E-state index >= 15 is 0 Å². The molecule has 1 aromatic carbocycles. The van der Waals surface area contributed by atoms with Gasteiger partial charge in [-0.15, -0.1) is 0 Å². The molecule has 0 aliphatic carbocycles. The minimum atomic E-state index is -0.309. The molecule has 0 aliphatic heterocycles. The summed E-state index contributed by atoms with van der Waals surface area (Å²) in [5.41, 5.74) is 0.875. The van der Waals surface area contributed by atoms with Crippen molar-refractivity contribution in [3.05, 3.63) is 30.1 Å². The van der Waals surface area contributed by atoms with E-state index in [9.17, 15) is 9.18 Å². The third-order valence-electron chi connectivity index (χ3n) is 2.47. The minimum absolute atomic E-state index is 0.115. The smallest absolute Gasteiger partial charge is 0.238 e. The summed E-state index contributed by atoms with van der Waals surface area (Å²) in [4.78, 5) is 11.6. The van der Waals surface area contributed by atoms with Crippen molar-refractivity contribution in [3.8, 4) is 0 Å². The lowest BCUT2D eigenvalue weighted by Gasteiger charge is -2.17. The summed E-state index contributed by atoms with van der Waals surface area (Å²) in [5, 5.41) is 5.79. The molecule has 0 spiro atoms. The van der Waals surface area contributed by atoms with E-state index in [2.05, 4.69) is 31.4 Å². The Morgan fingerprint density at radius 1 is 1.22 bits per heavy atom. The number of nitrogens with one attached hydrogen (secondary N) is 2. The molecule has 0 aliphatic rings. The Kier molecular flexibility index (Phi) is 5.28. The molecule has 1 aromatic rings. The highest BCUT2D eigenvalue weighted by Gasteiger charge is 2.09. The second kappa shape index (κ2) is 6.50. The maximum atomic E-state index is 12.7. The summed E-state index contributed by atoms with van der Waals surface area (Å²) < 4.78 is 12.7. The average molecular weight is 252 g/mol. The lowest BCUT2D eigenvalue weighted by Crippen LogP contribution is -2.30. The molecule has 100 valence electrons. The van der Waals surface area contributed by atoms with E-state index in [1.165, 1.54) is 12.1 Å². The number of halogens is 1. The largest absolute Gasteiger partial charge is 0.325 e. The highest BCUT2D eigenvalue weighted by atomic mass is 19.1. The SMILES string of the molecule is CC(C)(C)CCNCC(=O)Nc1ccc(F)cc1. The maximum Gasteiger partial charge on any atom is 0.238 e. The number of amides is 1. The van der Waals surface area contributed by atoms with Crippen molar-refractivity contribution in [2.75, 3.05) is 18.4 Å². The van der Waals surface area contributed by atoms with Gasteiger partial charge < -0.3 is 10.6 Å². The Balaban J connectivity index is 2.24. The predicted octanol–water partition coefficient (Wildman–Crippen LogP) is 2.79. The first kappa shape index (κ1) is 14.6. The Hall–Kier alpha value is -1.42. The minimum Gasteiger partial charge on any atom is -0.325 e. The zero-order valence-electron chi connectivity index (χ0n) is 11.2. The highest BCUT2D eigenvalue weighted by Crippen LogP contribution is 2.16. The molecule has 0 bridgehead atoms. The number of anilines is 1. The van der Waals surface area contributed by atoms with Crippen molar-refractivity contribution in [1.82, 2.24) is 5.32 Å². The summed E-state index contributed by atoms with van der Waals surface area (Å²) in [5.74, 6) is -0.424. The first-order valence-electron chi connectivity index (χ1n) is 6.13. The van der Waals surface area contributed by atoms with Gasteiger partial charge in [0.05, 0.1) is 6.54 Å². The van der Waals surface area contributed by atoms with Crippen LogP contribution in [0.4, 0.5) is 10.1 Å². The first-order chi connectivity index (χ1) is 8.37. The molecule has 0 saturated heterocycles. The zero-order chi connectivity index (χ0) is 13.6. The van der Waals surface area contributed by atoms with Crippen LogP contribution >= 0.6 is 0 Å². The van der Waals surface area contributed by atoms with Crippen LogP contribution in [-0.2, 0) is 4.79 Å². The van der Waals surface area contributed by atoms with Crippen LogP contribution in [-0.4, -0.2) is 19.0 Å². The molecular weight excluding hydrogens is 231 g/mol. The third-order valence-corrected chi connectivity index (χ3v) is 2.47. The molecule has 3 nitrogen and oxygen atoms in total. The second-order valence-electron chi connectivity index (χ2n) is 5.54. The molecule has 1 rings (SSSR count). The van der Waals surface area contributed by atoms with Gasteiger partial charge in [0.15, 0.2) is 0 Å². The van der Waals surface area contributed by atoms with Gasteiger partial charge in [0.2, 0.25) is 5.91 Å². The van der Waals surface area contributed by atoms with E-state index in [0.717, 1.165) is 13.0 Å². The van der Waals surface area contributed by atoms with E-state index in [4.69, 9.17) is 0 Å². The Labute approximate surface area is 108 Å². The Bertz CT molecular complexity index is 382. The van der Waals surface area contributed by atoms with Gasteiger partial charge in [-0.05, 0) is 42.6 Å². The van der Waals surface area contributed by atoms with Gasteiger partial charge in [-0.25, -0.2) is 4.39 Å². The number of benzene rings is 1. The second-order valence-corrected chi connectivity index (χ2v) is 5.54. The van der Waals surface area contributed by atoms with Crippen LogP contribution in [0.3, 0.4) is 0 Å². The van der Waals surface area contributed by atoms with E-state index < -0.39 is 0 Å². The average Bonchev–Trinajstić information content (AvgIpc) is 2.26. The Morgan fingerprint density at radius 3 is 2.39 bits per heavy atom. The topological polar surface area (TPSA) is 41.1 Å². The number of hydrogen-bond donors (Lipinski definition) is 2. The molecule has 0 unspecified atom stereocenters. The van der Waals surface area contributed by atoms with E-state index in [-0.39, 0.29) is 23.7 Å². The van der Waals surface area contributed by atoms with Gasteiger partial charge in [-0.1, -0.05) is 20.8 Å². The fourth-order valence-electron chi connectivity index (χ4n) is 1.40. The first-order valence-corrected chi connectivity index (χ1v) is 6.13. The number of hydrogen-bond acceptors (Lipinski definition) is 2. The van der Waals surface area contributed by atoms with Gasteiger partial charge >= 0.3 is 0 Å². The summed E-state index contributed by atoms with van der Waals surface area (Å²) >= 11 is 0. The molecule has 2 N–H and O–H groups in total. The quantitative estimate of drug-likeness (QED) is 0.791. The summed E-state index contributed by atoms with van der Waals surface area (Å²) in [7, 11) is 0. The highest BCUT2D eigenvalue weighted by molar-refractivity contribution is 5.92. The monoisotopic (exact) mass is 252 g/mol. The van der Waals surface area contributed by atoms with Gasteiger partial charge in [-0.3, -0.25) is 4.79 Å². The van der Waals surface area contributed by atoms with Gasteiger partial charge in [-0.2, -0.15) is 0 Å². The fraction of sp³-hybridized carbons (Fsp3) is 0.500. The van der Waals surface area contributed by atoms with Crippen LogP contribution in [0.25, 0.3) is 0 Å². The van der Waals surface area contributed by atoms with Crippen LogP contribution < -0.4 is 10.6 Å². The van der Waals surface area contributed by atoms with Crippen LogP contribution in [0.1, 0.15) is 27.2 Å². The van der Waals surface area contributed by atoms with Crippen molar-refractivity contribution >= 4 is 11.6 Å². The molecule has 18 heavy (non-hydrogen) atoms. The van der Waals surface area contributed by atoms with Crippen molar-refractivity contribution in [3.63, 3.8) is 0 Å². The standard InChI is InChI=1S/C14H21FN2O/c1-14(2,3)8-9-16-10-13(18)17-12-6-4-11(15)5-7-12/h4-7,16H,8-10H2,1-3H3,(H,17,18). The number of carbonyl (C=O) groups is 1. The normalized spacial score (nSPS) is 11.3. The molecule has 0 heterocycles. The molecule has 0 atom stereocenters. The third kappa shape index (κ3) is 6.35. The number of carbonyl (C=O) groups excluding carboxylic acids is 1. The molecule has 1 amide bonds. The molecule has 0 aromatic heterocycles. The zero-order valence-corrected chi connectivity index (χ0v) is 11.2.